The first kappa shape index (κ1) is 23.9. The largest absolute Gasteiger partial charge is 0.495 e. The van der Waals surface area contributed by atoms with Gasteiger partial charge in [-0.3, -0.25) is 4.79 Å². The first-order valence-electron chi connectivity index (χ1n) is 10.9. The Balaban J connectivity index is 1.65. The van der Waals surface area contributed by atoms with Crippen LogP contribution in [-0.2, 0) is 14.8 Å². The first-order valence-corrected chi connectivity index (χ1v) is 12.3. The van der Waals surface area contributed by atoms with E-state index in [4.69, 9.17) is 9.47 Å². The third-order valence-corrected chi connectivity index (χ3v) is 7.38. The van der Waals surface area contributed by atoms with Crippen LogP contribution in [0.25, 0.3) is 0 Å². The first-order chi connectivity index (χ1) is 15.4. The second kappa shape index (κ2) is 11.2. The molecule has 0 atom stereocenters. The fourth-order valence-corrected chi connectivity index (χ4v) is 5.37. The Kier molecular flexibility index (Phi) is 8.41. The van der Waals surface area contributed by atoms with E-state index in [2.05, 4.69) is 0 Å². The summed E-state index contributed by atoms with van der Waals surface area (Å²) in [4.78, 5) is 24.6. The Morgan fingerprint density at radius 3 is 2.28 bits per heavy atom. The van der Waals surface area contributed by atoms with E-state index in [9.17, 15) is 18.0 Å². The molecule has 1 saturated heterocycles. The molecule has 8 heteroatoms. The highest BCUT2D eigenvalue weighted by Gasteiger charge is 2.29. The van der Waals surface area contributed by atoms with Crippen molar-refractivity contribution in [1.29, 1.82) is 0 Å². The van der Waals surface area contributed by atoms with Crippen LogP contribution in [0.15, 0.2) is 53.4 Å². The Labute approximate surface area is 189 Å². The number of hydrogen-bond donors (Lipinski definition) is 0. The number of nitrogens with zero attached hydrogens (tertiary/aromatic N) is 1. The lowest BCUT2D eigenvalue weighted by molar-refractivity contribution is 0.0494. The number of sulfonamides is 1. The molecule has 32 heavy (non-hydrogen) atoms. The number of Topliss-reactive ketones (excluding diaryl/α,β-unsaturated/α-hetero) is 1. The molecule has 7 nitrogen and oxygen atoms in total. The lowest BCUT2D eigenvalue weighted by Gasteiger charge is -2.21. The second-order valence-electron chi connectivity index (χ2n) is 7.71. The minimum absolute atomic E-state index is 0.0167. The SMILES string of the molecule is COc1ccc(C(=O)OCCCC(=O)c2ccccc2)cc1S(=O)(=O)N1CCCCCC1. The average Bonchev–Trinajstić information content (AvgIpc) is 3.12. The number of esters is 1. The summed E-state index contributed by atoms with van der Waals surface area (Å²) >= 11 is 0. The molecule has 1 aliphatic heterocycles. The normalized spacial score (nSPS) is 15.0. The topological polar surface area (TPSA) is 90.0 Å². The molecule has 0 radical (unpaired) electrons. The maximum Gasteiger partial charge on any atom is 0.338 e. The van der Waals surface area contributed by atoms with Crippen molar-refractivity contribution in [3.63, 3.8) is 0 Å². The molecule has 0 aromatic heterocycles. The van der Waals surface area contributed by atoms with Gasteiger partial charge in [-0.2, -0.15) is 4.31 Å². The molecule has 0 bridgehead atoms. The summed E-state index contributed by atoms with van der Waals surface area (Å²) < 4.78 is 38.4. The summed E-state index contributed by atoms with van der Waals surface area (Å²) in [6, 6.07) is 13.2. The Morgan fingerprint density at radius 2 is 1.62 bits per heavy atom. The molecular weight excluding hydrogens is 430 g/mol. The number of hydrogen-bond acceptors (Lipinski definition) is 6. The van der Waals surface area contributed by atoms with Gasteiger partial charge in [-0.15, -0.1) is 0 Å². The zero-order valence-electron chi connectivity index (χ0n) is 18.3. The molecule has 1 heterocycles. The van der Waals surface area contributed by atoms with Crippen molar-refractivity contribution in [3.05, 3.63) is 59.7 Å². The van der Waals surface area contributed by atoms with E-state index in [0.29, 0.717) is 25.1 Å². The number of carbonyl (C=O) groups is 2. The van der Waals surface area contributed by atoms with Gasteiger partial charge >= 0.3 is 5.97 Å². The van der Waals surface area contributed by atoms with E-state index in [-0.39, 0.29) is 35.0 Å². The third kappa shape index (κ3) is 5.95. The van der Waals surface area contributed by atoms with Crippen LogP contribution in [0.3, 0.4) is 0 Å². The molecule has 1 aliphatic rings. The molecular formula is C24H29NO6S. The Bertz CT molecular complexity index is 1030. The standard InChI is InChI=1S/C24H29NO6S/c1-30-22-14-13-20(18-23(22)32(28,29)25-15-7-2-3-8-16-25)24(27)31-17-9-12-21(26)19-10-5-4-6-11-19/h4-6,10-11,13-14,18H,2-3,7-9,12,15-17H2,1H3. The Morgan fingerprint density at radius 1 is 0.938 bits per heavy atom. The van der Waals surface area contributed by atoms with Gasteiger partial charge in [0.15, 0.2) is 5.78 Å². The van der Waals surface area contributed by atoms with Crippen LogP contribution in [0.2, 0.25) is 0 Å². The van der Waals surface area contributed by atoms with Crippen molar-refractivity contribution in [2.45, 2.75) is 43.4 Å². The van der Waals surface area contributed by atoms with Gasteiger partial charge in [0.05, 0.1) is 19.3 Å². The summed E-state index contributed by atoms with van der Waals surface area (Å²) in [6.45, 7) is 0.975. The lowest BCUT2D eigenvalue weighted by Crippen LogP contribution is -2.32. The molecule has 3 rings (SSSR count). The predicted molar refractivity (Wildman–Crippen MR) is 121 cm³/mol. The quantitative estimate of drug-likeness (QED) is 0.319. The van der Waals surface area contributed by atoms with Crippen LogP contribution in [0, 0.1) is 0 Å². The van der Waals surface area contributed by atoms with Crippen LogP contribution in [-0.4, -0.2) is 51.3 Å². The van der Waals surface area contributed by atoms with Gasteiger partial charge in [0.2, 0.25) is 10.0 Å². The molecule has 0 saturated carbocycles. The maximum absolute atomic E-state index is 13.2. The molecule has 1 fully saturated rings. The van der Waals surface area contributed by atoms with Crippen LogP contribution in [0.4, 0.5) is 0 Å². The lowest BCUT2D eigenvalue weighted by atomic mass is 10.1. The van der Waals surface area contributed by atoms with Crippen LogP contribution >= 0.6 is 0 Å². The molecule has 2 aromatic rings. The maximum atomic E-state index is 13.2. The van der Waals surface area contributed by atoms with Crippen LogP contribution in [0.5, 0.6) is 5.75 Å². The number of rotatable bonds is 9. The number of methoxy groups -OCH3 is 1. The van der Waals surface area contributed by atoms with Crippen LogP contribution < -0.4 is 4.74 Å². The predicted octanol–water partition coefficient (Wildman–Crippen LogP) is 4.08. The van der Waals surface area contributed by atoms with E-state index in [0.717, 1.165) is 25.7 Å². The van der Waals surface area contributed by atoms with Crippen molar-refractivity contribution >= 4 is 21.8 Å². The van der Waals surface area contributed by atoms with Gasteiger partial charge in [0, 0.05) is 25.1 Å². The van der Waals surface area contributed by atoms with Gasteiger partial charge in [-0.1, -0.05) is 43.2 Å². The number of benzene rings is 2. The minimum atomic E-state index is -3.80. The smallest absolute Gasteiger partial charge is 0.338 e. The van der Waals surface area contributed by atoms with Gasteiger partial charge in [-0.25, -0.2) is 13.2 Å². The van der Waals surface area contributed by atoms with E-state index in [1.807, 2.05) is 6.07 Å². The highest BCUT2D eigenvalue weighted by atomic mass is 32.2. The summed E-state index contributed by atoms with van der Waals surface area (Å²) in [5, 5.41) is 0. The Hall–Kier alpha value is -2.71. The van der Waals surface area contributed by atoms with Gasteiger partial charge in [0.1, 0.15) is 10.6 Å². The second-order valence-corrected chi connectivity index (χ2v) is 9.62. The highest BCUT2D eigenvalue weighted by molar-refractivity contribution is 7.89. The molecule has 0 aliphatic carbocycles. The van der Waals surface area contributed by atoms with Crippen LogP contribution in [0.1, 0.15) is 59.2 Å². The van der Waals surface area contributed by atoms with E-state index >= 15 is 0 Å². The summed E-state index contributed by atoms with van der Waals surface area (Å²) in [5.74, 6) is -0.455. The highest BCUT2D eigenvalue weighted by Crippen LogP contribution is 2.29. The molecule has 0 spiro atoms. The van der Waals surface area contributed by atoms with Gasteiger partial charge < -0.3 is 9.47 Å². The van der Waals surface area contributed by atoms with Crippen molar-refractivity contribution < 1.29 is 27.5 Å². The van der Waals surface area contributed by atoms with E-state index in [1.54, 1.807) is 24.3 Å². The zero-order valence-corrected chi connectivity index (χ0v) is 19.1. The van der Waals surface area contributed by atoms with E-state index < -0.39 is 16.0 Å². The zero-order chi connectivity index (χ0) is 23.0. The van der Waals surface area contributed by atoms with Gasteiger partial charge in [0.25, 0.3) is 0 Å². The molecule has 0 unspecified atom stereocenters. The van der Waals surface area contributed by atoms with Crippen molar-refractivity contribution in [2.75, 3.05) is 26.8 Å². The molecule has 2 aromatic carbocycles. The van der Waals surface area contributed by atoms with Crippen molar-refractivity contribution in [3.8, 4) is 5.75 Å². The number of ether oxygens (including phenoxy) is 2. The summed E-state index contributed by atoms with van der Waals surface area (Å²) in [6.07, 6.45) is 4.27. The summed E-state index contributed by atoms with van der Waals surface area (Å²) in [7, 11) is -2.39. The minimum Gasteiger partial charge on any atom is -0.495 e. The molecule has 0 amide bonds. The fraction of sp³-hybridized carbons (Fsp3) is 0.417. The fourth-order valence-electron chi connectivity index (χ4n) is 3.68. The van der Waals surface area contributed by atoms with Crippen molar-refractivity contribution in [1.82, 2.24) is 4.31 Å². The molecule has 172 valence electrons. The monoisotopic (exact) mass is 459 g/mol. The summed E-state index contributed by atoms with van der Waals surface area (Å²) in [5.41, 5.74) is 0.755. The third-order valence-electron chi connectivity index (χ3n) is 5.46. The van der Waals surface area contributed by atoms with Crippen molar-refractivity contribution in [2.24, 2.45) is 0 Å². The number of carbonyl (C=O) groups excluding carboxylic acids is 2. The molecule has 0 N–H and O–H groups in total. The van der Waals surface area contributed by atoms with Gasteiger partial charge in [-0.05, 0) is 37.5 Å². The number of ketones is 1. The average molecular weight is 460 g/mol. The van der Waals surface area contributed by atoms with E-state index in [1.165, 1.54) is 29.6 Å².